The van der Waals surface area contributed by atoms with Crippen molar-refractivity contribution in [3.63, 3.8) is 0 Å². The first-order valence-corrected chi connectivity index (χ1v) is 11.0. The first-order valence-electron chi connectivity index (χ1n) is 9.34. The number of aromatic nitrogens is 1. The summed E-state index contributed by atoms with van der Waals surface area (Å²) in [6, 6.07) is 23.6. The van der Waals surface area contributed by atoms with Gasteiger partial charge in [0, 0.05) is 6.04 Å². The molecule has 6 heteroatoms. The molecule has 0 bridgehead atoms. The van der Waals surface area contributed by atoms with Crippen molar-refractivity contribution in [2.45, 2.75) is 25.8 Å². The summed E-state index contributed by atoms with van der Waals surface area (Å²) in [5.41, 5.74) is 2.77. The third-order valence-corrected chi connectivity index (χ3v) is 5.79. The molecule has 0 saturated carbocycles. The molecule has 3 aromatic rings. The van der Waals surface area contributed by atoms with Crippen molar-refractivity contribution in [3.05, 3.63) is 90.1 Å². The van der Waals surface area contributed by atoms with Gasteiger partial charge in [-0.05, 0) is 43.0 Å². The molecule has 146 valence electrons. The molecule has 28 heavy (non-hydrogen) atoms. The van der Waals surface area contributed by atoms with E-state index in [1.807, 2.05) is 48.5 Å². The molecule has 0 aliphatic rings. The molecule has 1 aromatic heterocycles. The van der Waals surface area contributed by atoms with E-state index in [4.69, 9.17) is 0 Å². The molecular weight excluding hydrogens is 370 g/mol. The molecule has 0 spiro atoms. The highest BCUT2D eigenvalue weighted by atomic mass is 32.2. The van der Waals surface area contributed by atoms with Gasteiger partial charge in [-0.1, -0.05) is 60.7 Å². The van der Waals surface area contributed by atoms with Gasteiger partial charge in [-0.15, -0.1) is 0 Å². The summed E-state index contributed by atoms with van der Waals surface area (Å²) in [6.07, 6.45) is 2.84. The van der Waals surface area contributed by atoms with Gasteiger partial charge in [0.05, 0.1) is 17.6 Å². The smallest absolute Gasteiger partial charge is 0.232 e. The van der Waals surface area contributed by atoms with E-state index >= 15 is 0 Å². The zero-order valence-corrected chi connectivity index (χ0v) is 16.7. The molecule has 3 rings (SSSR count). The molecule has 2 N–H and O–H groups in total. The van der Waals surface area contributed by atoms with E-state index in [9.17, 15) is 8.42 Å². The zero-order chi connectivity index (χ0) is 19.8. The molecule has 1 atom stereocenters. The van der Waals surface area contributed by atoms with Crippen molar-refractivity contribution in [1.82, 2.24) is 4.98 Å². The van der Waals surface area contributed by atoms with E-state index in [2.05, 4.69) is 34.1 Å². The van der Waals surface area contributed by atoms with E-state index in [1.165, 1.54) is 6.20 Å². The van der Waals surface area contributed by atoms with Crippen molar-refractivity contribution in [2.24, 2.45) is 0 Å². The first-order chi connectivity index (χ1) is 13.5. The van der Waals surface area contributed by atoms with E-state index < -0.39 is 10.0 Å². The van der Waals surface area contributed by atoms with Crippen molar-refractivity contribution >= 4 is 21.5 Å². The van der Waals surface area contributed by atoms with Crippen molar-refractivity contribution in [3.8, 4) is 0 Å². The molecule has 2 aromatic carbocycles. The molecule has 0 saturated heterocycles. The van der Waals surface area contributed by atoms with Crippen LogP contribution in [0.5, 0.6) is 0 Å². The van der Waals surface area contributed by atoms with Crippen LogP contribution in [0.1, 0.15) is 30.5 Å². The predicted octanol–water partition coefficient (Wildman–Crippen LogP) is 4.63. The monoisotopic (exact) mass is 395 g/mol. The normalized spacial score (nSPS) is 12.3. The number of pyridine rings is 1. The second kappa shape index (κ2) is 9.37. The Labute approximate surface area is 166 Å². The topological polar surface area (TPSA) is 71.1 Å². The molecule has 0 fully saturated rings. The molecule has 1 unspecified atom stereocenters. The Morgan fingerprint density at radius 1 is 0.929 bits per heavy atom. The minimum absolute atomic E-state index is 0.0763. The van der Waals surface area contributed by atoms with Gasteiger partial charge in [-0.3, -0.25) is 4.72 Å². The molecule has 1 heterocycles. The molecule has 5 nitrogen and oxygen atoms in total. The summed E-state index contributed by atoms with van der Waals surface area (Å²) >= 11 is 0. The number of aryl methyl sites for hydroxylation is 1. The lowest BCUT2D eigenvalue weighted by Crippen LogP contribution is -2.17. The van der Waals surface area contributed by atoms with Crippen LogP contribution in [0.25, 0.3) is 0 Å². The van der Waals surface area contributed by atoms with Crippen LogP contribution in [0.4, 0.5) is 11.5 Å². The third-order valence-electron chi connectivity index (χ3n) is 4.42. The van der Waals surface area contributed by atoms with Crippen molar-refractivity contribution in [2.75, 3.05) is 15.8 Å². The van der Waals surface area contributed by atoms with Crippen LogP contribution in [-0.2, 0) is 16.4 Å². The Balaban J connectivity index is 1.51. The summed E-state index contributed by atoms with van der Waals surface area (Å²) in [5, 5.41) is 3.31. The molecule has 0 aliphatic heterocycles. The minimum atomic E-state index is -3.39. The van der Waals surface area contributed by atoms with Crippen LogP contribution in [0.2, 0.25) is 0 Å². The van der Waals surface area contributed by atoms with Crippen LogP contribution < -0.4 is 10.0 Å². The third kappa shape index (κ3) is 6.09. The summed E-state index contributed by atoms with van der Waals surface area (Å²) in [7, 11) is -3.39. The van der Waals surface area contributed by atoms with Gasteiger partial charge in [-0.25, -0.2) is 13.4 Å². The summed E-state index contributed by atoms with van der Waals surface area (Å²) < 4.78 is 27.2. The van der Waals surface area contributed by atoms with Crippen LogP contribution in [0.15, 0.2) is 79.0 Å². The highest BCUT2D eigenvalue weighted by Crippen LogP contribution is 2.19. The van der Waals surface area contributed by atoms with Crippen LogP contribution >= 0.6 is 0 Å². The number of benzene rings is 2. The summed E-state index contributed by atoms with van der Waals surface area (Å²) in [6.45, 7) is 2.06. The second-order valence-corrected chi connectivity index (χ2v) is 8.56. The summed E-state index contributed by atoms with van der Waals surface area (Å²) in [4.78, 5) is 4.32. The fourth-order valence-corrected chi connectivity index (χ4v) is 4.03. The maximum Gasteiger partial charge on any atom is 0.232 e. The van der Waals surface area contributed by atoms with Gasteiger partial charge in [-0.2, -0.15) is 0 Å². The van der Waals surface area contributed by atoms with Crippen LogP contribution in [0, 0.1) is 0 Å². The lowest BCUT2D eigenvalue weighted by atomic mass is 10.1. The SMILES string of the molecule is CC(Nc1ccc(NS(=O)(=O)CCCc2ccccc2)cn1)c1ccccc1. The minimum Gasteiger partial charge on any atom is -0.364 e. The van der Waals surface area contributed by atoms with Crippen molar-refractivity contribution in [1.29, 1.82) is 0 Å². The number of rotatable bonds is 9. The predicted molar refractivity (Wildman–Crippen MR) is 115 cm³/mol. The molecular formula is C22H25N3O2S. The zero-order valence-electron chi connectivity index (χ0n) is 15.9. The average molecular weight is 396 g/mol. The first kappa shape index (κ1) is 19.9. The Morgan fingerprint density at radius 2 is 1.61 bits per heavy atom. The quantitative estimate of drug-likeness (QED) is 0.554. The number of sulfonamides is 1. The maximum absolute atomic E-state index is 12.3. The van der Waals surface area contributed by atoms with E-state index in [-0.39, 0.29) is 11.8 Å². The summed E-state index contributed by atoms with van der Waals surface area (Å²) in [5.74, 6) is 0.774. The maximum atomic E-state index is 12.3. The average Bonchev–Trinajstić information content (AvgIpc) is 2.70. The van der Waals surface area contributed by atoms with Gasteiger partial charge in [0.25, 0.3) is 0 Å². The van der Waals surface area contributed by atoms with Crippen LogP contribution in [0.3, 0.4) is 0 Å². The highest BCUT2D eigenvalue weighted by Gasteiger charge is 2.11. The number of hydrogen-bond donors (Lipinski definition) is 2. The highest BCUT2D eigenvalue weighted by molar-refractivity contribution is 7.92. The Kier molecular flexibility index (Phi) is 6.66. The van der Waals surface area contributed by atoms with Gasteiger partial charge in [0.1, 0.15) is 5.82 Å². The van der Waals surface area contributed by atoms with E-state index in [0.29, 0.717) is 17.9 Å². The lowest BCUT2D eigenvalue weighted by Gasteiger charge is -2.15. The van der Waals surface area contributed by atoms with Crippen LogP contribution in [-0.4, -0.2) is 19.2 Å². The molecule has 0 radical (unpaired) electrons. The Morgan fingerprint density at radius 3 is 2.25 bits per heavy atom. The van der Waals surface area contributed by atoms with Gasteiger partial charge in [0.15, 0.2) is 0 Å². The Hall–Kier alpha value is -2.86. The fraction of sp³-hybridized carbons (Fsp3) is 0.227. The number of nitrogens with zero attached hydrogens (tertiary/aromatic N) is 1. The van der Waals surface area contributed by atoms with Gasteiger partial charge < -0.3 is 5.32 Å². The van der Waals surface area contributed by atoms with E-state index in [1.54, 1.807) is 12.1 Å². The molecule has 0 aliphatic carbocycles. The van der Waals surface area contributed by atoms with Gasteiger partial charge >= 0.3 is 0 Å². The number of nitrogens with one attached hydrogen (secondary N) is 2. The van der Waals surface area contributed by atoms with Crippen molar-refractivity contribution < 1.29 is 8.42 Å². The number of hydrogen-bond acceptors (Lipinski definition) is 4. The van der Waals surface area contributed by atoms with Gasteiger partial charge in [0.2, 0.25) is 10.0 Å². The Bertz CT molecular complexity index is 960. The standard InChI is InChI=1S/C22H25N3O2S/c1-18(20-12-6-3-7-13-20)24-22-15-14-21(17-23-22)25-28(26,27)16-8-11-19-9-4-2-5-10-19/h2-7,9-10,12-15,17-18,25H,8,11,16H2,1H3,(H,23,24). The fourth-order valence-electron chi connectivity index (χ4n) is 2.93. The lowest BCUT2D eigenvalue weighted by molar-refractivity contribution is 0.598. The number of anilines is 2. The second-order valence-electron chi connectivity index (χ2n) is 6.72. The van der Waals surface area contributed by atoms with E-state index in [0.717, 1.165) is 17.5 Å². The molecule has 0 amide bonds. The largest absolute Gasteiger partial charge is 0.364 e.